The minimum atomic E-state index is 0.409. The van der Waals surface area contributed by atoms with Crippen molar-refractivity contribution < 1.29 is 0 Å². The summed E-state index contributed by atoms with van der Waals surface area (Å²) in [5, 5.41) is 2.42. The maximum atomic E-state index is 4.32. The third-order valence-corrected chi connectivity index (χ3v) is 6.28. The van der Waals surface area contributed by atoms with Crippen molar-refractivity contribution in [1.29, 1.82) is 0 Å². The molecule has 0 heteroatoms. The lowest BCUT2D eigenvalue weighted by atomic mass is 9.67. The first-order valence-electron chi connectivity index (χ1n) is 9.36. The quantitative estimate of drug-likeness (QED) is 0.660. The van der Waals surface area contributed by atoms with Crippen LogP contribution in [0.15, 0.2) is 29.9 Å². The van der Waals surface area contributed by atoms with Crippen molar-refractivity contribution in [3.63, 3.8) is 0 Å². The predicted molar refractivity (Wildman–Crippen MR) is 109 cm³/mol. The Hall–Kier alpha value is -1.56. The van der Waals surface area contributed by atoms with E-state index in [0.29, 0.717) is 11.3 Å². The summed E-state index contributed by atoms with van der Waals surface area (Å²) in [6.07, 6.45) is 7.08. The van der Waals surface area contributed by atoms with Gasteiger partial charge in [0.05, 0.1) is 0 Å². The molecular weight excluding hydrogens is 288 g/mol. The van der Waals surface area contributed by atoms with Crippen LogP contribution >= 0.6 is 0 Å². The third-order valence-electron chi connectivity index (χ3n) is 6.28. The minimum Gasteiger partial charge on any atom is -0.0952 e. The van der Waals surface area contributed by atoms with Gasteiger partial charge in [0.25, 0.3) is 0 Å². The van der Waals surface area contributed by atoms with E-state index in [-0.39, 0.29) is 0 Å². The summed E-state index contributed by atoms with van der Waals surface area (Å²) in [5.74, 6) is 0.709. The van der Waals surface area contributed by atoms with E-state index in [1.807, 2.05) is 0 Å². The van der Waals surface area contributed by atoms with Crippen LogP contribution in [0.5, 0.6) is 0 Å². The zero-order valence-corrected chi connectivity index (χ0v) is 16.6. The molecule has 1 aromatic carbocycles. The fraction of sp³-hybridized carbons (Fsp3) is 0.500. The highest BCUT2D eigenvalue weighted by molar-refractivity contribution is 5.65. The molecular formula is C24H34. The standard InChI is InChI=1S/C24H34/c1-9-17(4)21-12-19(6)20(7)22(13-21)14-23-15-24(8,16(2)3)11-10-18(23)5/h12-14,16H,4,7,9-11,15H2,1-3,5-6,8H3/b22-14-/t24-/m1/s1. The Balaban J connectivity index is 2.56. The summed E-state index contributed by atoms with van der Waals surface area (Å²) >= 11 is 0. The second-order valence-electron chi connectivity index (χ2n) is 8.25. The van der Waals surface area contributed by atoms with Gasteiger partial charge in [-0.25, -0.2) is 0 Å². The zero-order valence-electron chi connectivity index (χ0n) is 16.6. The Morgan fingerprint density at radius 3 is 2.54 bits per heavy atom. The molecule has 0 spiro atoms. The number of aryl methyl sites for hydroxylation is 1. The summed E-state index contributed by atoms with van der Waals surface area (Å²) in [5.41, 5.74) is 7.19. The van der Waals surface area contributed by atoms with E-state index in [1.54, 1.807) is 5.57 Å². The molecule has 0 N–H and O–H groups in total. The molecule has 1 aliphatic carbocycles. The van der Waals surface area contributed by atoms with Gasteiger partial charge in [0.1, 0.15) is 0 Å². The Kier molecular flexibility index (Phi) is 5.58. The van der Waals surface area contributed by atoms with E-state index in [1.165, 1.54) is 46.8 Å². The van der Waals surface area contributed by atoms with E-state index >= 15 is 0 Å². The highest BCUT2D eigenvalue weighted by Gasteiger charge is 2.32. The maximum absolute atomic E-state index is 4.32. The molecule has 0 unspecified atom stereocenters. The Labute approximate surface area is 148 Å². The van der Waals surface area contributed by atoms with Crippen LogP contribution in [0.4, 0.5) is 0 Å². The first-order chi connectivity index (χ1) is 11.2. The highest BCUT2D eigenvalue weighted by atomic mass is 14.4. The van der Waals surface area contributed by atoms with Crippen LogP contribution in [0.2, 0.25) is 0 Å². The molecule has 0 fully saturated rings. The summed E-state index contributed by atoms with van der Waals surface area (Å²) in [4.78, 5) is 0. The van der Waals surface area contributed by atoms with Crippen molar-refractivity contribution in [2.75, 3.05) is 0 Å². The molecule has 0 radical (unpaired) electrons. The van der Waals surface area contributed by atoms with Gasteiger partial charge in [-0.2, -0.15) is 0 Å². The number of hydrogen-bond acceptors (Lipinski definition) is 0. The minimum absolute atomic E-state index is 0.409. The molecule has 0 saturated carbocycles. The van der Waals surface area contributed by atoms with E-state index in [4.69, 9.17) is 0 Å². The summed E-state index contributed by atoms with van der Waals surface area (Å²) in [6.45, 7) is 22.3. The van der Waals surface area contributed by atoms with Gasteiger partial charge in [0.2, 0.25) is 0 Å². The number of allylic oxidation sites excluding steroid dienone is 3. The van der Waals surface area contributed by atoms with Gasteiger partial charge in [-0.05, 0) is 89.6 Å². The molecule has 0 bridgehead atoms. The van der Waals surface area contributed by atoms with E-state index in [0.717, 1.165) is 11.6 Å². The van der Waals surface area contributed by atoms with E-state index in [9.17, 15) is 0 Å². The normalized spacial score (nSPS) is 22.4. The van der Waals surface area contributed by atoms with Crippen molar-refractivity contribution >= 4 is 18.2 Å². The van der Waals surface area contributed by atoms with Crippen LogP contribution in [-0.4, -0.2) is 0 Å². The van der Waals surface area contributed by atoms with Crippen molar-refractivity contribution in [3.8, 4) is 0 Å². The molecule has 0 saturated heterocycles. The lowest BCUT2D eigenvalue weighted by molar-refractivity contribution is 0.189. The van der Waals surface area contributed by atoms with Gasteiger partial charge in [0, 0.05) is 0 Å². The molecule has 0 aromatic heterocycles. The number of hydrogen-bond donors (Lipinski definition) is 0. The lowest BCUT2D eigenvalue weighted by Gasteiger charge is -2.38. The molecule has 130 valence electrons. The molecule has 0 nitrogen and oxygen atoms in total. The van der Waals surface area contributed by atoms with Crippen LogP contribution < -0.4 is 10.4 Å². The molecule has 1 aliphatic rings. The van der Waals surface area contributed by atoms with Crippen molar-refractivity contribution in [2.24, 2.45) is 11.3 Å². The average Bonchev–Trinajstić information content (AvgIpc) is 2.54. The van der Waals surface area contributed by atoms with E-state index in [2.05, 4.69) is 72.9 Å². The number of benzene rings is 1. The van der Waals surface area contributed by atoms with Crippen LogP contribution in [0.1, 0.15) is 71.4 Å². The second-order valence-corrected chi connectivity index (χ2v) is 8.25. The number of rotatable bonds is 4. The molecule has 2 rings (SSSR count). The summed E-state index contributed by atoms with van der Waals surface area (Å²) in [6, 6.07) is 4.51. The molecule has 1 atom stereocenters. The molecule has 24 heavy (non-hydrogen) atoms. The highest BCUT2D eigenvalue weighted by Crippen LogP contribution is 2.44. The monoisotopic (exact) mass is 322 g/mol. The SMILES string of the molecule is C=C(CC)c1cc(C)c(=C)/c(=C\C2=C(C)CC[C@@](C)(C(C)C)C2)c1. The Morgan fingerprint density at radius 2 is 1.96 bits per heavy atom. The first-order valence-corrected chi connectivity index (χ1v) is 9.36. The molecule has 0 aliphatic heterocycles. The van der Waals surface area contributed by atoms with E-state index < -0.39 is 0 Å². The first kappa shape index (κ1) is 18.8. The predicted octanol–water partition coefficient (Wildman–Crippen LogP) is 5.77. The Bertz CT molecular complexity index is 773. The van der Waals surface area contributed by atoms with Gasteiger partial charge in [-0.15, -0.1) is 0 Å². The molecule has 0 heterocycles. The third kappa shape index (κ3) is 3.74. The van der Waals surface area contributed by atoms with Gasteiger partial charge in [0.15, 0.2) is 0 Å². The topological polar surface area (TPSA) is 0 Å². The van der Waals surface area contributed by atoms with Gasteiger partial charge < -0.3 is 0 Å². The van der Waals surface area contributed by atoms with Gasteiger partial charge >= 0.3 is 0 Å². The summed E-state index contributed by atoms with van der Waals surface area (Å²) in [7, 11) is 0. The maximum Gasteiger partial charge on any atom is -0.0179 e. The van der Waals surface area contributed by atoms with Crippen molar-refractivity contribution in [2.45, 2.75) is 67.2 Å². The summed E-state index contributed by atoms with van der Waals surface area (Å²) < 4.78 is 0. The van der Waals surface area contributed by atoms with Crippen LogP contribution in [-0.2, 0) is 0 Å². The lowest BCUT2D eigenvalue weighted by Crippen LogP contribution is -2.30. The second kappa shape index (κ2) is 7.13. The zero-order chi connectivity index (χ0) is 18.1. The molecule has 1 aromatic rings. The van der Waals surface area contributed by atoms with Crippen LogP contribution in [0.25, 0.3) is 18.2 Å². The van der Waals surface area contributed by atoms with Crippen molar-refractivity contribution in [3.05, 3.63) is 51.4 Å². The average molecular weight is 323 g/mol. The molecule has 0 amide bonds. The smallest absolute Gasteiger partial charge is 0.0179 e. The largest absolute Gasteiger partial charge is 0.0952 e. The van der Waals surface area contributed by atoms with Crippen LogP contribution in [0.3, 0.4) is 0 Å². The van der Waals surface area contributed by atoms with Gasteiger partial charge in [-0.3, -0.25) is 0 Å². The van der Waals surface area contributed by atoms with Gasteiger partial charge in [-0.1, -0.05) is 58.6 Å². The fourth-order valence-electron chi connectivity index (χ4n) is 3.54. The fourth-order valence-corrected chi connectivity index (χ4v) is 3.54. The Morgan fingerprint density at radius 1 is 1.29 bits per heavy atom. The van der Waals surface area contributed by atoms with Crippen LogP contribution in [0, 0.1) is 18.3 Å². The van der Waals surface area contributed by atoms with Crippen molar-refractivity contribution in [1.82, 2.24) is 0 Å².